The van der Waals surface area contributed by atoms with Gasteiger partial charge in [-0.3, -0.25) is 4.98 Å². The minimum Gasteiger partial charge on any atom is -0.379 e. The van der Waals surface area contributed by atoms with Gasteiger partial charge in [-0.05, 0) is 43.2 Å². The Morgan fingerprint density at radius 3 is 2.74 bits per heavy atom. The van der Waals surface area contributed by atoms with Crippen LogP contribution < -0.4 is 5.32 Å². The fraction of sp³-hybridized carbons (Fsp3) is 0.235. The van der Waals surface area contributed by atoms with Crippen LogP contribution in [0.5, 0.6) is 0 Å². The standard InChI is InChI=1S/C17H18N4OS/c1-11-6-8-18-14(9-11)20-17-21-16(13(23-17)10-22-3)15-12(2)5-4-7-19-15/h4-9H,10H2,1-3H3,(H,18,20,21). The molecule has 118 valence electrons. The Hall–Kier alpha value is -2.31. The number of nitrogens with one attached hydrogen (secondary N) is 1. The van der Waals surface area contributed by atoms with Crippen molar-refractivity contribution in [3.8, 4) is 11.4 Å². The summed E-state index contributed by atoms with van der Waals surface area (Å²) < 4.78 is 5.31. The summed E-state index contributed by atoms with van der Waals surface area (Å²) in [6.07, 6.45) is 3.57. The molecule has 0 bridgehead atoms. The first-order chi connectivity index (χ1) is 11.2. The molecule has 3 aromatic rings. The molecule has 3 aromatic heterocycles. The van der Waals surface area contributed by atoms with E-state index in [9.17, 15) is 0 Å². The molecule has 0 radical (unpaired) electrons. The van der Waals surface area contributed by atoms with Gasteiger partial charge in [0, 0.05) is 19.5 Å². The van der Waals surface area contributed by atoms with Gasteiger partial charge in [0.2, 0.25) is 0 Å². The van der Waals surface area contributed by atoms with E-state index in [0.29, 0.717) is 6.61 Å². The Morgan fingerprint density at radius 2 is 2.00 bits per heavy atom. The van der Waals surface area contributed by atoms with Gasteiger partial charge in [-0.25, -0.2) is 9.97 Å². The molecule has 0 saturated carbocycles. The zero-order chi connectivity index (χ0) is 16.2. The van der Waals surface area contributed by atoms with Gasteiger partial charge < -0.3 is 10.1 Å². The Balaban J connectivity index is 1.97. The molecular weight excluding hydrogens is 308 g/mol. The predicted molar refractivity (Wildman–Crippen MR) is 93.1 cm³/mol. The number of aryl methyl sites for hydroxylation is 2. The second-order valence-electron chi connectivity index (χ2n) is 5.24. The van der Waals surface area contributed by atoms with Crippen LogP contribution in [0.4, 0.5) is 10.9 Å². The van der Waals surface area contributed by atoms with E-state index in [0.717, 1.165) is 38.3 Å². The molecule has 0 aliphatic rings. The fourth-order valence-corrected chi connectivity index (χ4v) is 3.21. The number of ether oxygens (including phenoxy) is 1. The highest BCUT2D eigenvalue weighted by Gasteiger charge is 2.16. The van der Waals surface area contributed by atoms with Crippen molar-refractivity contribution in [2.75, 3.05) is 12.4 Å². The fourth-order valence-electron chi connectivity index (χ4n) is 2.27. The highest BCUT2D eigenvalue weighted by molar-refractivity contribution is 7.16. The van der Waals surface area contributed by atoms with Crippen molar-refractivity contribution in [1.29, 1.82) is 0 Å². The summed E-state index contributed by atoms with van der Waals surface area (Å²) in [5.74, 6) is 0.784. The minimum atomic E-state index is 0.506. The highest BCUT2D eigenvalue weighted by Crippen LogP contribution is 2.33. The van der Waals surface area contributed by atoms with Crippen LogP contribution in [0.2, 0.25) is 0 Å². The van der Waals surface area contributed by atoms with Crippen LogP contribution >= 0.6 is 11.3 Å². The summed E-state index contributed by atoms with van der Waals surface area (Å²) in [4.78, 5) is 14.5. The van der Waals surface area contributed by atoms with E-state index < -0.39 is 0 Å². The third-order valence-electron chi connectivity index (χ3n) is 3.36. The average Bonchev–Trinajstić information content (AvgIpc) is 2.90. The quantitative estimate of drug-likeness (QED) is 0.764. The molecule has 0 aromatic carbocycles. The lowest BCUT2D eigenvalue weighted by atomic mass is 10.1. The van der Waals surface area contributed by atoms with Gasteiger partial charge in [-0.2, -0.15) is 0 Å². The Bertz CT molecular complexity index is 816. The second kappa shape index (κ2) is 6.85. The van der Waals surface area contributed by atoms with Crippen molar-refractivity contribution >= 4 is 22.3 Å². The van der Waals surface area contributed by atoms with E-state index in [-0.39, 0.29) is 0 Å². The third kappa shape index (κ3) is 3.55. The molecule has 0 atom stereocenters. The molecule has 0 spiro atoms. The van der Waals surface area contributed by atoms with Crippen LogP contribution in [-0.4, -0.2) is 22.1 Å². The maximum atomic E-state index is 5.31. The number of pyridine rings is 2. The van der Waals surface area contributed by atoms with Gasteiger partial charge in [-0.1, -0.05) is 17.4 Å². The van der Waals surface area contributed by atoms with Crippen molar-refractivity contribution in [2.24, 2.45) is 0 Å². The second-order valence-corrected chi connectivity index (χ2v) is 6.32. The van der Waals surface area contributed by atoms with Gasteiger partial charge >= 0.3 is 0 Å². The predicted octanol–water partition coefficient (Wildman–Crippen LogP) is 4.11. The molecule has 0 amide bonds. The first-order valence-electron chi connectivity index (χ1n) is 7.27. The summed E-state index contributed by atoms with van der Waals surface area (Å²) >= 11 is 1.56. The van der Waals surface area contributed by atoms with Crippen molar-refractivity contribution in [3.05, 3.63) is 52.7 Å². The van der Waals surface area contributed by atoms with Crippen molar-refractivity contribution in [1.82, 2.24) is 15.0 Å². The Morgan fingerprint density at radius 1 is 1.13 bits per heavy atom. The van der Waals surface area contributed by atoms with Gasteiger partial charge in [0.15, 0.2) is 5.13 Å². The van der Waals surface area contributed by atoms with Crippen molar-refractivity contribution < 1.29 is 4.74 Å². The maximum absolute atomic E-state index is 5.31. The number of aromatic nitrogens is 3. The van der Waals surface area contributed by atoms with Crippen LogP contribution in [0.1, 0.15) is 16.0 Å². The monoisotopic (exact) mass is 326 g/mol. The van der Waals surface area contributed by atoms with Gasteiger partial charge in [-0.15, -0.1) is 0 Å². The third-order valence-corrected chi connectivity index (χ3v) is 4.30. The summed E-state index contributed by atoms with van der Waals surface area (Å²) in [6, 6.07) is 7.92. The lowest BCUT2D eigenvalue weighted by Gasteiger charge is -2.03. The molecule has 3 rings (SSSR count). The number of nitrogens with zero attached hydrogens (tertiary/aromatic N) is 3. The zero-order valence-electron chi connectivity index (χ0n) is 13.3. The summed E-state index contributed by atoms with van der Waals surface area (Å²) in [5.41, 5.74) is 4.00. The van der Waals surface area contributed by atoms with Crippen LogP contribution in [0, 0.1) is 13.8 Å². The minimum absolute atomic E-state index is 0.506. The SMILES string of the molecule is COCc1sc(Nc2cc(C)ccn2)nc1-c1ncccc1C. The molecule has 23 heavy (non-hydrogen) atoms. The lowest BCUT2D eigenvalue weighted by molar-refractivity contribution is 0.188. The van der Waals surface area contributed by atoms with Crippen LogP contribution in [0.25, 0.3) is 11.4 Å². The Kier molecular flexibility index (Phi) is 4.64. The Labute approximate surface area is 139 Å². The first kappa shape index (κ1) is 15.6. The summed E-state index contributed by atoms with van der Waals surface area (Å²) in [5, 5.41) is 4.05. The van der Waals surface area contributed by atoms with Crippen LogP contribution in [0.3, 0.4) is 0 Å². The van der Waals surface area contributed by atoms with E-state index in [4.69, 9.17) is 9.72 Å². The molecule has 0 saturated heterocycles. The van der Waals surface area contributed by atoms with Crippen LogP contribution in [-0.2, 0) is 11.3 Å². The van der Waals surface area contributed by atoms with Gasteiger partial charge in [0.25, 0.3) is 0 Å². The van der Waals surface area contributed by atoms with Crippen molar-refractivity contribution in [3.63, 3.8) is 0 Å². The number of rotatable bonds is 5. The molecule has 1 N–H and O–H groups in total. The van der Waals surface area contributed by atoms with E-state index >= 15 is 0 Å². The molecule has 0 unspecified atom stereocenters. The maximum Gasteiger partial charge on any atom is 0.189 e. The molecule has 6 heteroatoms. The molecule has 0 aliphatic heterocycles. The van der Waals surface area contributed by atoms with Crippen molar-refractivity contribution in [2.45, 2.75) is 20.5 Å². The van der Waals surface area contributed by atoms with Crippen LogP contribution in [0.15, 0.2) is 36.7 Å². The number of hydrogen-bond acceptors (Lipinski definition) is 6. The molecule has 5 nitrogen and oxygen atoms in total. The van der Waals surface area contributed by atoms with E-state index in [1.807, 2.05) is 38.1 Å². The topological polar surface area (TPSA) is 59.9 Å². The molecule has 0 aliphatic carbocycles. The largest absolute Gasteiger partial charge is 0.379 e. The molecular formula is C17H18N4OS. The highest BCUT2D eigenvalue weighted by atomic mass is 32.1. The first-order valence-corrected chi connectivity index (χ1v) is 8.09. The average molecular weight is 326 g/mol. The smallest absolute Gasteiger partial charge is 0.189 e. The zero-order valence-corrected chi connectivity index (χ0v) is 14.1. The van der Waals surface area contributed by atoms with Gasteiger partial charge in [0.05, 0.1) is 17.2 Å². The number of anilines is 2. The number of hydrogen-bond donors (Lipinski definition) is 1. The lowest BCUT2D eigenvalue weighted by Crippen LogP contribution is -1.94. The van der Waals surface area contributed by atoms with Gasteiger partial charge in [0.1, 0.15) is 11.5 Å². The normalized spacial score (nSPS) is 10.7. The van der Waals surface area contributed by atoms with E-state index in [1.54, 1.807) is 30.8 Å². The van der Waals surface area contributed by atoms with E-state index in [1.165, 1.54) is 0 Å². The summed E-state index contributed by atoms with van der Waals surface area (Å²) in [6.45, 7) is 4.58. The summed E-state index contributed by atoms with van der Waals surface area (Å²) in [7, 11) is 1.68. The number of methoxy groups -OCH3 is 1. The molecule has 3 heterocycles. The van der Waals surface area contributed by atoms with E-state index in [2.05, 4.69) is 15.3 Å². The number of thiazole rings is 1. The molecule has 0 fully saturated rings.